The van der Waals surface area contributed by atoms with Gasteiger partial charge in [-0.15, -0.1) is 5.10 Å². The lowest BCUT2D eigenvalue weighted by molar-refractivity contribution is 0.0599. The minimum Gasteiger partial charge on any atom is -0.490 e. The summed E-state index contributed by atoms with van der Waals surface area (Å²) >= 11 is 0. The number of hydrogen-bond acceptors (Lipinski definition) is 6. The van der Waals surface area contributed by atoms with Crippen LogP contribution in [0.25, 0.3) is 16.8 Å². The van der Waals surface area contributed by atoms with Crippen LogP contribution in [0.4, 0.5) is 0 Å². The van der Waals surface area contributed by atoms with Crippen LogP contribution in [0, 0.1) is 5.92 Å². The second-order valence-electron chi connectivity index (χ2n) is 11.3. The number of aromatic nitrogens is 5. The number of rotatable bonds is 8. The van der Waals surface area contributed by atoms with Gasteiger partial charge in [0.1, 0.15) is 11.3 Å². The number of esters is 1. The van der Waals surface area contributed by atoms with Crippen LogP contribution >= 0.6 is 0 Å². The highest BCUT2D eigenvalue weighted by Gasteiger charge is 2.46. The van der Waals surface area contributed by atoms with E-state index in [0.29, 0.717) is 11.5 Å². The first kappa shape index (κ1) is 26.3. The van der Waals surface area contributed by atoms with Crippen molar-refractivity contribution in [2.45, 2.75) is 69.8 Å². The van der Waals surface area contributed by atoms with E-state index in [-0.39, 0.29) is 23.9 Å². The molecule has 0 amide bonds. The van der Waals surface area contributed by atoms with E-state index in [0.717, 1.165) is 40.4 Å². The summed E-state index contributed by atoms with van der Waals surface area (Å²) in [6.45, 7) is 2.22. The third kappa shape index (κ3) is 5.40. The van der Waals surface area contributed by atoms with Gasteiger partial charge in [-0.3, -0.25) is 4.68 Å². The Morgan fingerprint density at radius 1 is 1.00 bits per heavy atom. The van der Waals surface area contributed by atoms with Crippen LogP contribution in [0.2, 0.25) is 0 Å². The maximum absolute atomic E-state index is 12.7. The Morgan fingerprint density at radius 2 is 1.75 bits per heavy atom. The fourth-order valence-electron chi connectivity index (χ4n) is 6.20. The first-order chi connectivity index (χ1) is 19.5. The molecule has 2 aliphatic rings. The highest BCUT2D eigenvalue weighted by atomic mass is 16.5. The Morgan fingerprint density at radius 3 is 2.48 bits per heavy atom. The number of methoxy groups -OCH3 is 1. The van der Waals surface area contributed by atoms with E-state index in [9.17, 15) is 4.79 Å². The first-order valence-electron chi connectivity index (χ1n) is 14.4. The normalized spacial score (nSPS) is 20.1. The van der Waals surface area contributed by atoms with Crippen molar-refractivity contribution >= 4 is 5.97 Å². The van der Waals surface area contributed by atoms with E-state index in [4.69, 9.17) is 9.47 Å². The summed E-state index contributed by atoms with van der Waals surface area (Å²) in [4.78, 5) is 12.7. The zero-order chi connectivity index (χ0) is 27.6. The molecular formula is C32H37N5O3. The van der Waals surface area contributed by atoms with Crippen LogP contribution in [0.1, 0.15) is 85.5 Å². The zero-order valence-electron chi connectivity index (χ0n) is 23.5. The molecule has 3 atom stereocenters. The van der Waals surface area contributed by atoms with Crippen LogP contribution < -0.4 is 4.74 Å². The zero-order valence-corrected chi connectivity index (χ0v) is 23.5. The number of ether oxygens (including phenoxy) is 2. The average molecular weight is 540 g/mol. The number of benzene rings is 2. The monoisotopic (exact) mass is 539 g/mol. The summed E-state index contributed by atoms with van der Waals surface area (Å²) in [5.41, 5.74) is 5.32. The van der Waals surface area contributed by atoms with E-state index in [1.807, 2.05) is 30.1 Å². The number of carbonyl (C=O) groups excluding carboxylic acids is 1. The fraction of sp³-hybridized carbons (Fsp3) is 0.438. The van der Waals surface area contributed by atoms with Crippen molar-refractivity contribution in [3.05, 3.63) is 77.9 Å². The molecule has 0 bridgehead atoms. The van der Waals surface area contributed by atoms with Gasteiger partial charge in [0.05, 0.1) is 36.5 Å². The van der Waals surface area contributed by atoms with Crippen molar-refractivity contribution in [2.75, 3.05) is 7.11 Å². The van der Waals surface area contributed by atoms with Crippen LogP contribution in [0.15, 0.2) is 60.9 Å². The van der Waals surface area contributed by atoms with E-state index in [1.54, 1.807) is 10.9 Å². The molecule has 2 aliphatic carbocycles. The first-order valence-corrected chi connectivity index (χ1v) is 14.4. The smallest absolute Gasteiger partial charge is 0.341 e. The average Bonchev–Trinajstić information content (AvgIpc) is 3.56. The second-order valence-corrected chi connectivity index (χ2v) is 11.3. The summed E-state index contributed by atoms with van der Waals surface area (Å²) in [7, 11) is 3.27. The molecule has 0 saturated heterocycles. The van der Waals surface area contributed by atoms with Crippen LogP contribution in [0.3, 0.4) is 0 Å². The molecule has 2 fully saturated rings. The molecule has 2 saturated carbocycles. The Labute approximate surface area is 235 Å². The van der Waals surface area contributed by atoms with Gasteiger partial charge in [0.15, 0.2) is 0 Å². The van der Waals surface area contributed by atoms with Crippen LogP contribution in [0.5, 0.6) is 5.75 Å². The van der Waals surface area contributed by atoms with E-state index in [2.05, 4.69) is 58.7 Å². The molecule has 0 N–H and O–H groups in total. The minimum atomic E-state index is -0.380. The van der Waals surface area contributed by atoms with Gasteiger partial charge in [-0.1, -0.05) is 55.2 Å². The van der Waals surface area contributed by atoms with Gasteiger partial charge in [0.2, 0.25) is 0 Å². The largest absolute Gasteiger partial charge is 0.490 e. The number of nitrogens with zero attached hydrogens (tertiary/aromatic N) is 5. The van der Waals surface area contributed by atoms with Crippen LogP contribution in [-0.4, -0.2) is 44.0 Å². The fourth-order valence-corrected chi connectivity index (χ4v) is 6.20. The number of aryl methyl sites for hydroxylation is 1. The molecule has 0 radical (unpaired) electrons. The molecule has 6 rings (SSSR count). The van der Waals surface area contributed by atoms with Crippen molar-refractivity contribution < 1.29 is 14.3 Å². The molecule has 208 valence electrons. The van der Waals surface area contributed by atoms with Gasteiger partial charge in [-0.2, -0.15) is 5.10 Å². The Balaban J connectivity index is 1.27. The lowest BCUT2D eigenvalue weighted by atomic mass is 9.95. The Bertz CT molecular complexity index is 1480. The van der Waals surface area contributed by atoms with Gasteiger partial charge in [0.25, 0.3) is 0 Å². The molecule has 0 spiro atoms. The molecular weight excluding hydrogens is 502 g/mol. The molecule has 4 aromatic rings. The van der Waals surface area contributed by atoms with Crippen molar-refractivity contribution in [3.63, 3.8) is 0 Å². The lowest BCUT2D eigenvalue weighted by Gasteiger charge is -2.24. The van der Waals surface area contributed by atoms with E-state index < -0.39 is 0 Å². The predicted molar refractivity (Wildman–Crippen MR) is 153 cm³/mol. The summed E-state index contributed by atoms with van der Waals surface area (Å²) < 4.78 is 15.2. The van der Waals surface area contributed by atoms with Gasteiger partial charge in [-0.05, 0) is 67.5 Å². The molecule has 0 aliphatic heterocycles. The van der Waals surface area contributed by atoms with Crippen molar-refractivity contribution in [2.24, 2.45) is 13.0 Å². The molecule has 8 heteroatoms. The second kappa shape index (κ2) is 11.3. The third-order valence-electron chi connectivity index (χ3n) is 8.50. The predicted octanol–water partition coefficient (Wildman–Crippen LogP) is 6.46. The van der Waals surface area contributed by atoms with Gasteiger partial charge in [-0.25, -0.2) is 9.48 Å². The molecule has 2 heterocycles. The highest BCUT2D eigenvalue weighted by Crippen LogP contribution is 2.55. The van der Waals surface area contributed by atoms with Gasteiger partial charge >= 0.3 is 5.97 Å². The minimum absolute atomic E-state index is 0.110. The maximum atomic E-state index is 12.7. The molecule has 40 heavy (non-hydrogen) atoms. The summed E-state index contributed by atoms with van der Waals surface area (Å²) in [5.74, 6) is 1.44. The highest BCUT2D eigenvalue weighted by molar-refractivity contribution is 5.91. The number of carbonyl (C=O) groups is 1. The molecule has 2 aromatic carbocycles. The van der Waals surface area contributed by atoms with Crippen molar-refractivity contribution in [1.82, 2.24) is 24.8 Å². The maximum Gasteiger partial charge on any atom is 0.341 e. The summed E-state index contributed by atoms with van der Waals surface area (Å²) in [5, 5.41) is 13.0. The lowest BCUT2D eigenvalue weighted by Crippen LogP contribution is -2.23. The summed E-state index contributed by atoms with van der Waals surface area (Å²) in [6, 6.07) is 16.6. The quantitative estimate of drug-likeness (QED) is 0.189. The molecule has 2 aromatic heterocycles. The third-order valence-corrected chi connectivity index (χ3v) is 8.50. The standard InChI is InChI=1S/C32H37N5O3/c1-21(22-10-6-4-5-7-11-22)40-26-15-9-13-24(17-26)23-12-8-14-25(16-23)37-31(29(19-33-37)32(38)39-3)28-18-27(28)30-20-36(2)35-34-30/h8-9,12-17,19-22,27-28H,4-7,10-11,18H2,1-3H3/t21?,27-,28-/m1/s1. The topological polar surface area (TPSA) is 84.1 Å². The van der Waals surface area contributed by atoms with Crippen molar-refractivity contribution in [3.8, 4) is 22.6 Å². The van der Waals surface area contributed by atoms with Gasteiger partial charge in [0, 0.05) is 25.1 Å². The summed E-state index contributed by atoms with van der Waals surface area (Å²) in [6.07, 6.45) is 12.4. The Hall–Kier alpha value is -3.94. The Kier molecular flexibility index (Phi) is 7.41. The molecule has 1 unspecified atom stereocenters. The molecule has 8 nitrogen and oxygen atoms in total. The van der Waals surface area contributed by atoms with E-state index >= 15 is 0 Å². The number of hydrogen-bond donors (Lipinski definition) is 0. The van der Waals surface area contributed by atoms with Crippen LogP contribution in [-0.2, 0) is 11.8 Å². The van der Waals surface area contributed by atoms with Crippen molar-refractivity contribution in [1.29, 1.82) is 0 Å². The SMILES string of the molecule is COC(=O)c1cnn(-c2cccc(-c3cccc(OC(C)C4CCCCCC4)c3)c2)c1[C@@H]1C[C@H]1c1cn(C)nn1. The van der Waals surface area contributed by atoms with E-state index in [1.165, 1.54) is 45.6 Å². The van der Waals surface area contributed by atoms with Gasteiger partial charge < -0.3 is 9.47 Å².